The van der Waals surface area contributed by atoms with Crippen LogP contribution in [0.15, 0.2) is 24.3 Å². The molecule has 0 aromatic heterocycles. The summed E-state index contributed by atoms with van der Waals surface area (Å²) >= 11 is 0. The van der Waals surface area contributed by atoms with E-state index in [1.807, 2.05) is 13.8 Å². The smallest absolute Gasteiger partial charge is 0.326 e. The molecule has 0 radical (unpaired) electrons. The van der Waals surface area contributed by atoms with Gasteiger partial charge in [-0.05, 0) is 31.5 Å². The lowest BCUT2D eigenvalue weighted by Crippen LogP contribution is -2.40. The number of rotatable bonds is 7. The molecular weight excluding hydrogens is 246 g/mol. The third-order valence-corrected chi connectivity index (χ3v) is 2.59. The minimum Gasteiger partial charge on any atom is -0.494 e. The van der Waals surface area contributed by atoms with Crippen molar-refractivity contribution < 1.29 is 19.4 Å². The molecule has 0 spiro atoms. The van der Waals surface area contributed by atoms with E-state index in [2.05, 4.69) is 5.32 Å². The van der Waals surface area contributed by atoms with E-state index in [0.29, 0.717) is 30.8 Å². The van der Waals surface area contributed by atoms with E-state index in [4.69, 9.17) is 9.84 Å². The highest BCUT2D eigenvalue weighted by atomic mass is 16.5. The Morgan fingerprint density at radius 2 is 2.11 bits per heavy atom. The number of carboxylic acids is 1. The first-order valence-electron chi connectivity index (χ1n) is 6.35. The van der Waals surface area contributed by atoms with E-state index in [1.165, 1.54) is 0 Å². The number of carbonyl (C=O) groups is 2. The van der Waals surface area contributed by atoms with E-state index < -0.39 is 17.9 Å². The molecule has 0 aliphatic rings. The molecule has 5 nitrogen and oxygen atoms in total. The molecule has 0 fully saturated rings. The largest absolute Gasteiger partial charge is 0.494 e. The van der Waals surface area contributed by atoms with Crippen molar-refractivity contribution in [2.45, 2.75) is 32.7 Å². The average Bonchev–Trinajstić information content (AvgIpc) is 2.38. The number of hydrogen-bond acceptors (Lipinski definition) is 3. The molecule has 104 valence electrons. The highest BCUT2D eigenvalue weighted by Gasteiger charge is 2.19. The summed E-state index contributed by atoms with van der Waals surface area (Å²) < 4.78 is 5.30. The number of amides is 1. The Morgan fingerprint density at radius 1 is 1.37 bits per heavy atom. The van der Waals surface area contributed by atoms with Crippen LogP contribution in [0, 0.1) is 0 Å². The summed E-state index contributed by atoms with van der Waals surface area (Å²) in [4.78, 5) is 22.9. The highest BCUT2D eigenvalue weighted by molar-refractivity contribution is 5.96. The van der Waals surface area contributed by atoms with E-state index in [1.54, 1.807) is 24.3 Å². The van der Waals surface area contributed by atoms with Crippen LogP contribution >= 0.6 is 0 Å². The van der Waals surface area contributed by atoms with Crippen molar-refractivity contribution in [3.63, 3.8) is 0 Å². The molecule has 2 N–H and O–H groups in total. The summed E-state index contributed by atoms with van der Waals surface area (Å²) in [6.45, 7) is 4.24. The maximum absolute atomic E-state index is 12.0. The first-order chi connectivity index (χ1) is 9.08. The van der Waals surface area contributed by atoms with Gasteiger partial charge < -0.3 is 15.2 Å². The van der Waals surface area contributed by atoms with Gasteiger partial charge in [-0.1, -0.05) is 19.4 Å². The van der Waals surface area contributed by atoms with Crippen molar-refractivity contribution in [1.82, 2.24) is 5.32 Å². The van der Waals surface area contributed by atoms with Crippen LogP contribution in [0.1, 0.15) is 37.0 Å². The van der Waals surface area contributed by atoms with Crippen molar-refractivity contribution in [3.8, 4) is 5.75 Å². The van der Waals surface area contributed by atoms with Crippen LogP contribution in [0.3, 0.4) is 0 Å². The van der Waals surface area contributed by atoms with Gasteiger partial charge in [-0.15, -0.1) is 0 Å². The molecule has 0 aliphatic carbocycles. The lowest BCUT2D eigenvalue weighted by atomic mass is 10.1. The molecule has 0 aliphatic heterocycles. The lowest BCUT2D eigenvalue weighted by Gasteiger charge is -2.14. The molecule has 5 heteroatoms. The van der Waals surface area contributed by atoms with Crippen molar-refractivity contribution in [1.29, 1.82) is 0 Å². The molecule has 0 bridgehead atoms. The molecule has 1 aromatic carbocycles. The second-order valence-electron chi connectivity index (χ2n) is 4.11. The molecule has 1 rings (SSSR count). The fourth-order valence-corrected chi connectivity index (χ4v) is 1.68. The van der Waals surface area contributed by atoms with Gasteiger partial charge >= 0.3 is 5.97 Å². The zero-order valence-corrected chi connectivity index (χ0v) is 11.2. The van der Waals surface area contributed by atoms with Gasteiger partial charge in [0.25, 0.3) is 5.91 Å². The van der Waals surface area contributed by atoms with Crippen LogP contribution in [-0.2, 0) is 4.79 Å². The van der Waals surface area contributed by atoms with E-state index in [9.17, 15) is 9.59 Å². The maximum Gasteiger partial charge on any atom is 0.326 e. The SMILES string of the molecule is CCCC(NC(=O)c1cccc(OCC)c1)C(=O)O. The standard InChI is InChI=1S/C14H19NO4/c1-3-6-12(14(17)18)15-13(16)10-7-5-8-11(9-10)19-4-2/h5,7-9,12H,3-4,6H2,1-2H3,(H,15,16)(H,17,18). The molecule has 1 atom stereocenters. The van der Waals surface area contributed by atoms with Crippen LogP contribution in [0.25, 0.3) is 0 Å². The van der Waals surface area contributed by atoms with E-state index >= 15 is 0 Å². The fraction of sp³-hybridized carbons (Fsp3) is 0.429. The average molecular weight is 265 g/mol. The second-order valence-corrected chi connectivity index (χ2v) is 4.11. The number of aliphatic carboxylic acids is 1. The van der Waals surface area contributed by atoms with Crippen LogP contribution in [0.4, 0.5) is 0 Å². The molecule has 19 heavy (non-hydrogen) atoms. The van der Waals surface area contributed by atoms with Crippen molar-refractivity contribution >= 4 is 11.9 Å². The number of hydrogen-bond donors (Lipinski definition) is 2. The molecule has 1 aromatic rings. The fourth-order valence-electron chi connectivity index (χ4n) is 1.68. The zero-order chi connectivity index (χ0) is 14.3. The van der Waals surface area contributed by atoms with E-state index in [-0.39, 0.29) is 0 Å². The minimum absolute atomic E-state index is 0.397. The predicted octanol–water partition coefficient (Wildman–Crippen LogP) is 2.07. The normalized spacial score (nSPS) is 11.7. The topological polar surface area (TPSA) is 75.6 Å². The monoisotopic (exact) mass is 265 g/mol. The molecule has 1 amide bonds. The molecule has 0 heterocycles. The summed E-state index contributed by atoms with van der Waals surface area (Å²) in [6.07, 6.45) is 1.10. The van der Waals surface area contributed by atoms with Crippen LogP contribution in [0.2, 0.25) is 0 Å². The van der Waals surface area contributed by atoms with Crippen LogP contribution in [-0.4, -0.2) is 29.6 Å². The van der Waals surface area contributed by atoms with Crippen LogP contribution < -0.4 is 10.1 Å². The summed E-state index contributed by atoms with van der Waals surface area (Å²) in [7, 11) is 0. The minimum atomic E-state index is -1.02. The van der Waals surface area contributed by atoms with Crippen molar-refractivity contribution in [2.75, 3.05) is 6.61 Å². The summed E-state index contributed by atoms with van der Waals surface area (Å²) in [6, 6.07) is 5.83. The quantitative estimate of drug-likeness (QED) is 0.791. The van der Waals surface area contributed by atoms with Crippen LogP contribution in [0.5, 0.6) is 5.75 Å². The lowest BCUT2D eigenvalue weighted by molar-refractivity contribution is -0.139. The zero-order valence-electron chi connectivity index (χ0n) is 11.2. The van der Waals surface area contributed by atoms with Gasteiger partial charge in [-0.3, -0.25) is 4.79 Å². The Hall–Kier alpha value is -2.04. The predicted molar refractivity (Wildman–Crippen MR) is 71.4 cm³/mol. The first kappa shape index (κ1) is 15.0. The molecule has 1 unspecified atom stereocenters. The van der Waals surface area contributed by atoms with Gasteiger partial charge in [-0.25, -0.2) is 4.79 Å². The third-order valence-electron chi connectivity index (χ3n) is 2.59. The summed E-state index contributed by atoms with van der Waals surface area (Å²) in [5.41, 5.74) is 0.397. The Bertz CT molecular complexity index is 445. The van der Waals surface area contributed by atoms with Gasteiger partial charge in [-0.2, -0.15) is 0 Å². The Balaban J connectivity index is 2.76. The summed E-state index contributed by atoms with van der Waals surface area (Å²) in [5.74, 6) is -0.823. The number of ether oxygens (including phenoxy) is 1. The Labute approximate surface area is 112 Å². The third kappa shape index (κ3) is 4.62. The molecule has 0 saturated carbocycles. The number of nitrogens with one attached hydrogen (secondary N) is 1. The second kappa shape index (κ2) is 7.41. The van der Waals surface area contributed by atoms with Gasteiger partial charge in [0.15, 0.2) is 0 Å². The Morgan fingerprint density at radius 3 is 2.68 bits per heavy atom. The van der Waals surface area contributed by atoms with Gasteiger partial charge in [0.2, 0.25) is 0 Å². The summed E-state index contributed by atoms with van der Waals surface area (Å²) in [5, 5.41) is 11.5. The van der Waals surface area contributed by atoms with Crippen molar-refractivity contribution in [3.05, 3.63) is 29.8 Å². The highest BCUT2D eigenvalue weighted by Crippen LogP contribution is 2.13. The maximum atomic E-state index is 12.0. The van der Waals surface area contributed by atoms with Gasteiger partial charge in [0.05, 0.1) is 6.61 Å². The van der Waals surface area contributed by atoms with Crippen molar-refractivity contribution in [2.24, 2.45) is 0 Å². The van der Waals surface area contributed by atoms with E-state index in [0.717, 1.165) is 0 Å². The number of carboxylic acid groups (broad SMARTS) is 1. The Kier molecular flexibility index (Phi) is 5.85. The van der Waals surface area contributed by atoms with Gasteiger partial charge in [0, 0.05) is 5.56 Å². The number of benzene rings is 1. The first-order valence-corrected chi connectivity index (χ1v) is 6.35. The van der Waals surface area contributed by atoms with Gasteiger partial charge in [0.1, 0.15) is 11.8 Å². The molecular formula is C14H19NO4. The molecule has 0 saturated heterocycles. The number of carbonyl (C=O) groups excluding carboxylic acids is 1.